The molecule has 15 heavy (non-hydrogen) atoms. The van der Waals surface area contributed by atoms with Crippen molar-refractivity contribution >= 4 is 0 Å². The number of quaternary nitrogens is 1. The van der Waals surface area contributed by atoms with Crippen molar-refractivity contribution in [1.29, 1.82) is 0 Å². The van der Waals surface area contributed by atoms with E-state index in [2.05, 4.69) is 34.1 Å². The standard InChI is InChI=1S/C13H28NO/c1-12(9-11-14(4,5)6)8-7-10-13(2,3)15/h9,15H,7-8,10-11H2,1-6H3/q+1/b12-9+. The van der Waals surface area contributed by atoms with E-state index in [4.69, 9.17) is 0 Å². The summed E-state index contributed by atoms with van der Waals surface area (Å²) in [5.74, 6) is 0. The molecule has 0 aromatic heterocycles. The molecule has 0 unspecified atom stereocenters. The lowest BCUT2D eigenvalue weighted by Crippen LogP contribution is -2.34. The Kier molecular flexibility index (Phi) is 5.54. The van der Waals surface area contributed by atoms with Gasteiger partial charge in [-0.15, -0.1) is 0 Å². The molecule has 2 heteroatoms. The number of aliphatic hydroxyl groups is 1. The molecule has 1 N–H and O–H groups in total. The highest BCUT2D eigenvalue weighted by Gasteiger charge is 2.11. The number of rotatable bonds is 6. The van der Waals surface area contributed by atoms with Crippen molar-refractivity contribution < 1.29 is 9.59 Å². The molecule has 0 aliphatic rings. The van der Waals surface area contributed by atoms with Gasteiger partial charge < -0.3 is 9.59 Å². The Labute approximate surface area is 95.2 Å². The normalized spacial score (nSPS) is 14.5. The second kappa shape index (κ2) is 5.66. The van der Waals surface area contributed by atoms with Crippen LogP contribution in [-0.4, -0.2) is 42.9 Å². The molecule has 0 aliphatic carbocycles. The Morgan fingerprint density at radius 1 is 1.27 bits per heavy atom. The van der Waals surface area contributed by atoms with Crippen LogP contribution in [0.3, 0.4) is 0 Å². The van der Waals surface area contributed by atoms with Crippen LogP contribution in [0.15, 0.2) is 11.6 Å². The monoisotopic (exact) mass is 214 g/mol. The van der Waals surface area contributed by atoms with Gasteiger partial charge >= 0.3 is 0 Å². The Balaban J connectivity index is 3.79. The summed E-state index contributed by atoms with van der Waals surface area (Å²) in [4.78, 5) is 0. The molecule has 0 saturated heterocycles. The molecule has 0 bridgehead atoms. The van der Waals surface area contributed by atoms with Crippen LogP contribution in [0.25, 0.3) is 0 Å². The highest BCUT2D eigenvalue weighted by Crippen LogP contribution is 2.15. The second-order valence-corrected chi connectivity index (χ2v) is 6.19. The Morgan fingerprint density at radius 3 is 2.20 bits per heavy atom. The van der Waals surface area contributed by atoms with Gasteiger partial charge in [-0.25, -0.2) is 0 Å². The summed E-state index contributed by atoms with van der Waals surface area (Å²) in [7, 11) is 6.59. The summed E-state index contributed by atoms with van der Waals surface area (Å²) >= 11 is 0. The highest BCUT2D eigenvalue weighted by molar-refractivity contribution is 4.98. The molecule has 0 aromatic carbocycles. The van der Waals surface area contributed by atoms with Gasteiger partial charge in [-0.2, -0.15) is 0 Å². The topological polar surface area (TPSA) is 20.2 Å². The lowest BCUT2D eigenvalue weighted by atomic mass is 9.99. The Morgan fingerprint density at radius 2 is 1.80 bits per heavy atom. The molecular formula is C13H28NO+. The smallest absolute Gasteiger partial charge is 0.0970 e. The van der Waals surface area contributed by atoms with E-state index in [0.29, 0.717) is 0 Å². The van der Waals surface area contributed by atoms with Gasteiger partial charge in [0.2, 0.25) is 0 Å². The van der Waals surface area contributed by atoms with Gasteiger partial charge in [0.1, 0.15) is 0 Å². The Hall–Kier alpha value is -0.340. The van der Waals surface area contributed by atoms with E-state index in [9.17, 15) is 5.11 Å². The van der Waals surface area contributed by atoms with Gasteiger partial charge in [-0.05, 0) is 46.1 Å². The van der Waals surface area contributed by atoms with Gasteiger partial charge in [-0.3, -0.25) is 0 Å². The lowest BCUT2D eigenvalue weighted by Gasteiger charge is -2.22. The van der Waals surface area contributed by atoms with Gasteiger partial charge in [0.15, 0.2) is 0 Å². The molecule has 0 heterocycles. The fourth-order valence-corrected chi connectivity index (χ4v) is 1.33. The van der Waals surface area contributed by atoms with E-state index in [1.165, 1.54) is 5.57 Å². The van der Waals surface area contributed by atoms with Crippen molar-refractivity contribution in [3.63, 3.8) is 0 Å². The Bertz CT molecular complexity index is 206. The molecule has 0 saturated carbocycles. The first kappa shape index (κ1) is 14.7. The van der Waals surface area contributed by atoms with Crippen LogP contribution in [0.4, 0.5) is 0 Å². The molecule has 0 spiro atoms. The van der Waals surface area contributed by atoms with Crippen molar-refractivity contribution in [3.8, 4) is 0 Å². The molecule has 0 rings (SSSR count). The van der Waals surface area contributed by atoms with Crippen molar-refractivity contribution in [1.82, 2.24) is 0 Å². The third kappa shape index (κ3) is 11.6. The van der Waals surface area contributed by atoms with Crippen molar-refractivity contribution in [2.45, 2.75) is 45.6 Å². The largest absolute Gasteiger partial charge is 0.390 e. The molecule has 2 nitrogen and oxygen atoms in total. The maximum Gasteiger partial charge on any atom is 0.0970 e. The number of nitrogens with zero attached hydrogens (tertiary/aromatic N) is 1. The van der Waals surface area contributed by atoms with Crippen molar-refractivity contribution in [3.05, 3.63) is 11.6 Å². The fourth-order valence-electron chi connectivity index (χ4n) is 1.33. The predicted molar refractivity (Wildman–Crippen MR) is 66.8 cm³/mol. The number of hydrogen-bond acceptors (Lipinski definition) is 1. The molecule has 0 atom stereocenters. The third-order valence-electron chi connectivity index (χ3n) is 2.35. The SMILES string of the molecule is C/C(=C\C[N+](C)(C)C)CCCC(C)(C)O. The van der Waals surface area contributed by atoms with Gasteiger partial charge in [0.05, 0.1) is 33.3 Å². The minimum Gasteiger partial charge on any atom is -0.390 e. The molecule has 0 amide bonds. The van der Waals surface area contributed by atoms with Crippen LogP contribution in [0.5, 0.6) is 0 Å². The van der Waals surface area contributed by atoms with Crippen LogP contribution in [0, 0.1) is 0 Å². The predicted octanol–water partition coefficient (Wildman–Crippen LogP) is 2.58. The van der Waals surface area contributed by atoms with Crippen LogP contribution < -0.4 is 0 Å². The van der Waals surface area contributed by atoms with E-state index in [-0.39, 0.29) is 0 Å². The first-order valence-corrected chi connectivity index (χ1v) is 5.79. The van der Waals surface area contributed by atoms with E-state index in [1.807, 2.05) is 13.8 Å². The van der Waals surface area contributed by atoms with Crippen molar-refractivity contribution in [2.75, 3.05) is 27.7 Å². The summed E-state index contributed by atoms with van der Waals surface area (Å²) < 4.78 is 0.975. The van der Waals surface area contributed by atoms with Gasteiger partial charge in [-0.1, -0.05) is 5.57 Å². The summed E-state index contributed by atoms with van der Waals surface area (Å²) in [6.45, 7) is 7.00. The first-order chi connectivity index (χ1) is 6.60. The number of hydrogen-bond donors (Lipinski definition) is 1. The first-order valence-electron chi connectivity index (χ1n) is 5.79. The zero-order valence-electron chi connectivity index (χ0n) is 11.3. The van der Waals surface area contributed by atoms with E-state index < -0.39 is 5.60 Å². The average molecular weight is 214 g/mol. The van der Waals surface area contributed by atoms with Crippen LogP contribution in [-0.2, 0) is 0 Å². The highest BCUT2D eigenvalue weighted by atomic mass is 16.3. The number of allylic oxidation sites excluding steroid dienone is 1. The molecule has 90 valence electrons. The second-order valence-electron chi connectivity index (χ2n) is 6.19. The summed E-state index contributed by atoms with van der Waals surface area (Å²) in [5, 5.41) is 9.57. The van der Waals surface area contributed by atoms with E-state index >= 15 is 0 Å². The quantitative estimate of drug-likeness (QED) is 0.532. The summed E-state index contributed by atoms with van der Waals surface area (Å²) in [6, 6.07) is 0. The lowest BCUT2D eigenvalue weighted by molar-refractivity contribution is -0.864. The molecule has 0 aliphatic heterocycles. The molecular weight excluding hydrogens is 186 g/mol. The molecule has 0 fully saturated rings. The maximum absolute atomic E-state index is 9.57. The fraction of sp³-hybridized carbons (Fsp3) is 0.846. The zero-order chi connectivity index (χ0) is 12.1. The van der Waals surface area contributed by atoms with Crippen LogP contribution >= 0.6 is 0 Å². The van der Waals surface area contributed by atoms with Gasteiger partial charge in [0.25, 0.3) is 0 Å². The van der Waals surface area contributed by atoms with Crippen molar-refractivity contribution in [2.24, 2.45) is 0 Å². The third-order valence-corrected chi connectivity index (χ3v) is 2.35. The van der Waals surface area contributed by atoms with Crippen LogP contribution in [0.1, 0.15) is 40.0 Å². The zero-order valence-corrected chi connectivity index (χ0v) is 11.3. The van der Waals surface area contributed by atoms with Crippen LogP contribution in [0.2, 0.25) is 0 Å². The van der Waals surface area contributed by atoms with E-state index in [0.717, 1.165) is 30.3 Å². The van der Waals surface area contributed by atoms with E-state index in [1.54, 1.807) is 0 Å². The maximum atomic E-state index is 9.57. The summed E-state index contributed by atoms with van der Waals surface area (Å²) in [6.07, 6.45) is 5.36. The summed E-state index contributed by atoms with van der Waals surface area (Å²) in [5.41, 5.74) is 0.924. The minimum absolute atomic E-state index is 0.514. The minimum atomic E-state index is -0.514. The molecule has 0 aromatic rings. The number of likely N-dealkylation sites (N-methyl/N-ethyl adjacent to an activating group) is 1. The molecule has 0 radical (unpaired) electrons. The van der Waals surface area contributed by atoms with Gasteiger partial charge in [0, 0.05) is 0 Å². The average Bonchev–Trinajstić information content (AvgIpc) is 1.97.